The van der Waals surface area contributed by atoms with Gasteiger partial charge in [0.1, 0.15) is 5.75 Å². The minimum Gasteiger partial charge on any atom is -0.611 e. The van der Waals surface area contributed by atoms with Gasteiger partial charge in [0.15, 0.2) is 4.90 Å². The maximum atomic E-state index is 12.4. The molecule has 1 aromatic rings. The molecular formula is C17H29N3OS. The standard InChI is InChI=1S/C17H29N3OS/c1-3-19-11-13-20(14-12-19)10-9-16(18-2)15-22(21)17-7-5-4-6-8-17/h4-8,16,18H,3,9-15H2,1-2H3/t16-,22?/m1/s1. The predicted molar refractivity (Wildman–Crippen MR) is 93.7 cm³/mol. The van der Waals surface area contributed by atoms with Gasteiger partial charge in [0.25, 0.3) is 0 Å². The molecule has 0 amide bonds. The summed E-state index contributed by atoms with van der Waals surface area (Å²) in [5, 5.41) is 3.33. The van der Waals surface area contributed by atoms with Crippen LogP contribution >= 0.6 is 0 Å². The van der Waals surface area contributed by atoms with Crippen LogP contribution in [-0.2, 0) is 11.2 Å². The second kappa shape index (κ2) is 9.53. The summed E-state index contributed by atoms with van der Waals surface area (Å²) in [6.45, 7) is 9.15. The fourth-order valence-corrected chi connectivity index (χ4v) is 4.18. The number of likely N-dealkylation sites (N-methyl/N-ethyl adjacent to an activating group) is 1. The zero-order chi connectivity index (χ0) is 15.8. The van der Waals surface area contributed by atoms with Gasteiger partial charge in [-0.2, -0.15) is 0 Å². The molecule has 2 rings (SSSR count). The lowest BCUT2D eigenvalue weighted by Crippen LogP contribution is -2.47. The molecule has 0 aliphatic carbocycles. The first-order valence-electron chi connectivity index (χ1n) is 8.28. The lowest BCUT2D eigenvalue weighted by molar-refractivity contribution is 0.134. The van der Waals surface area contributed by atoms with Crippen molar-refractivity contribution < 1.29 is 4.55 Å². The zero-order valence-electron chi connectivity index (χ0n) is 13.8. The van der Waals surface area contributed by atoms with E-state index in [1.54, 1.807) is 0 Å². The Morgan fingerprint density at radius 2 is 1.77 bits per heavy atom. The number of hydrogen-bond acceptors (Lipinski definition) is 4. The minimum atomic E-state index is -0.916. The van der Waals surface area contributed by atoms with Crippen LogP contribution in [0.25, 0.3) is 0 Å². The monoisotopic (exact) mass is 323 g/mol. The SMILES string of the molecule is CCN1CCN(CC[C@H](C[S+]([O-])c2ccccc2)NC)CC1. The van der Waals surface area contributed by atoms with Gasteiger partial charge >= 0.3 is 0 Å². The number of rotatable bonds is 8. The minimum absolute atomic E-state index is 0.310. The van der Waals surface area contributed by atoms with Crippen molar-refractivity contribution in [3.8, 4) is 0 Å². The highest BCUT2D eigenvalue weighted by atomic mass is 32.2. The number of hydrogen-bond donors (Lipinski definition) is 1. The zero-order valence-corrected chi connectivity index (χ0v) is 14.6. The van der Waals surface area contributed by atoms with Crippen molar-refractivity contribution in [1.29, 1.82) is 0 Å². The Balaban J connectivity index is 1.73. The van der Waals surface area contributed by atoms with Gasteiger partial charge in [-0.05, 0) is 49.9 Å². The molecule has 124 valence electrons. The van der Waals surface area contributed by atoms with E-state index in [2.05, 4.69) is 22.0 Å². The van der Waals surface area contributed by atoms with E-state index in [1.807, 2.05) is 37.4 Å². The van der Waals surface area contributed by atoms with Crippen molar-refractivity contribution in [2.24, 2.45) is 0 Å². The van der Waals surface area contributed by atoms with Crippen molar-refractivity contribution >= 4 is 11.2 Å². The van der Waals surface area contributed by atoms with E-state index >= 15 is 0 Å². The number of nitrogens with one attached hydrogen (secondary N) is 1. The molecular weight excluding hydrogens is 294 g/mol. The Bertz CT molecular complexity index is 410. The molecule has 0 radical (unpaired) electrons. The highest BCUT2D eigenvalue weighted by Crippen LogP contribution is 2.13. The van der Waals surface area contributed by atoms with Crippen molar-refractivity contribution in [3.05, 3.63) is 30.3 Å². The predicted octanol–water partition coefficient (Wildman–Crippen LogP) is 1.41. The van der Waals surface area contributed by atoms with Crippen molar-refractivity contribution in [2.75, 3.05) is 52.1 Å². The molecule has 0 saturated carbocycles. The van der Waals surface area contributed by atoms with E-state index in [9.17, 15) is 4.55 Å². The summed E-state index contributed by atoms with van der Waals surface area (Å²) in [6, 6.07) is 10.1. The molecule has 22 heavy (non-hydrogen) atoms. The van der Waals surface area contributed by atoms with Crippen LogP contribution in [0.2, 0.25) is 0 Å². The van der Waals surface area contributed by atoms with Gasteiger partial charge in [0, 0.05) is 26.2 Å². The molecule has 2 atom stereocenters. The molecule has 0 bridgehead atoms. The number of nitrogens with zero attached hydrogens (tertiary/aromatic N) is 2. The third-order valence-corrected chi connectivity index (χ3v) is 5.98. The lowest BCUT2D eigenvalue weighted by atomic mass is 10.2. The van der Waals surface area contributed by atoms with E-state index < -0.39 is 11.2 Å². The molecule has 0 spiro atoms. The van der Waals surface area contributed by atoms with Crippen LogP contribution in [0.5, 0.6) is 0 Å². The van der Waals surface area contributed by atoms with Gasteiger partial charge in [-0.15, -0.1) is 0 Å². The number of benzene rings is 1. The van der Waals surface area contributed by atoms with E-state index in [-0.39, 0.29) is 0 Å². The molecule has 1 N–H and O–H groups in total. The molecule has 1 saturated heterocycles. The summed E-state index contributed by atoms with van der Waals surface area (Å²) in [4.78, 5) is 5.96. The molecule has 0 aromatic heterocycles. The molecule has 1 aliphatic rings. The van der Waals surface area contributed by atoms with Gasteiger partial charge in [0.2, 0.25) is 0 Å². The molecule has 1 aromatic carbocycles. The van der Waals surface area contributed by atoms with E-state index in [0.29, 0.717) is 11.8 Å². The third-order valence-electron chi connectivity index (χ3n) is 4.47. The molecule has 1 unspecified atom stereocenters. The summed E-state index contributed by atoms with van der Waals surface area (Å²) in [7, 11) is 1.97. The molecule has 1 fully saturated rings. The largest absolute Gasteiger partial charge is 0.611 e. The van der Waals surface area contributed by atoms with Crippen molar-refractivity contribution in [1.82, 2.24) is 15.1 Å². The molecule has 5 heteroatoms. The first kappa shape index (κ1) is 17.8. The maximum Gasteiger partial charge on any atom is 0.152 e. The quantitative estimate of drug-likeness (QED) is 0.735. The number of piperazine rings is 1. The van der Waals surface area contributed by atoms with Crippen molar-refractivity contribution in [3.63, 3.8) is 0 Å². The first-order valence-corrected chi connectivity index (χ1v) is 9.60. The van der Waals surface area contributed by atoms with Crippen LogP contribution in [0.4, 0.5) is 0 Å². The first-order chi connectivity index (χ1) is 10.7. The summed E-state index contributed by atoms with van der Waals surface area (Å²) in [6.07, 6.45) is 1.06. The van der Waals surface area contributed by atoms with E-state index in [0.717, 1.165) is 37.5 Å². The topological polar surface area (TPSA) is 41.6 Å². The normalized spacial score (nSPS) is 20.0. The molecule has 1 aliphatic heterocycles. The van der Waals surface area contributed by atoms with Gasteiger partial charge in [-0.1, -0.05) is 25.1 Å². The van der Waals surface area contributed by atoms with E-state index in [4.69, 9.17) is 0 Å². The highest BCUT2D eigenvalue weighted by molar-refractivity contribution is 7.91. The van der Waals surface area contributed by atoms with Crippen LogP contribution in [0.1, 0.15) is 13.3 Å². The second-order valence-corrected chi connectivity index (χ2v) is 7.37. The summed E-state index contributed by atoms with van der Waals surface area (Å²) >= 11 is -0.916. The van der Waals surface area contributed by atoms with E-state index in [1.165, 1.54) is 13.1 Å². The fraction of sp³-hybridized carbons (Fsp3) is 0.647. The highest BCUT2D eigenvalue weighted by Gasteiger charge is 2.20. The van der Waals surface area contributed by atoms with Gasteiger partial charge in [-0.3, -0.25) is 0 Å². The van der Waals surface area contributed by atoms with Gasteiger partial charge < -0.3 is 19.7 Å². The smallest absolute Gasteiger partial charge is 0.152 e. The molecule has 1 heterocycles. The van der Waals surface area contributed by atoms with Gasteiger partial charge in [-0.25, -0.2) is 0 Å². The average Bonchev–Trinajstić information content (AvgIpc) is 2.59. The Morgan fingerprint density at radius 3 is 2.36 bits per heavy atom. The summed E-state index contributed by atoms with van der Waals surface area (Å²) < 4.78 is 12.4. The fourth-order valence-electron chi connectivity index (χ4n) is 2.83. The Labute approximate surface area is 138 Å². The maximum absolute atomic E-state index is 12.4. The van der Waals surface area contributed by atoms with Crippen LogP contribution < -0.4 is 5.32 Å². The lowest BCUT2D eigenvalue weighted by Gasteiger charge is -2.34. The van der Waals surface area contributed by atoms with Crippen LogP contribution in [0.3, 0.4) is 0 Å². The summed E-state index contributed by atoms with van der Waals surface area (Å²) in [5.41, 5.74) is 0. The second-order valence-electron chi connectivity index (χ2n) is 5.88. The summed E-state index contributed by atoms with van der Waals surface area (Å²) in [5.74, 6) is 0.690. The van der Waals surface area contributed by atoms with Crippen LogP contribution in [0, 0.1) is 0 Å². The Hall–Kier alpha value is -0.590. The van der Waals surface area contributed by atoms with Crippen LogP contribution in [0.15, 0.2) is 35.2 Å². The third kappa shape index (κ3) is 5.56. The molecule has 4 nitrogen and oxygen atoms in total. The van der Waals surface area contributed by atoms with Crippen LogP contribution in [-0.4, -0.2) is 72.5 Å². The Kier molecular flexibility index (Phi) is 7.69. The Morgan fingerprint density at radius 1 is 1.14 bits per heavy atom. The van der Waals surface area contributed by atoms with Gasteiger partial charge in [0.05, 0.1) is 6.04 Å². The van der Waals surface area contributed by atoms with Crippen molar-refractivity contribution in [2.45, 2.75) is 24.3 Å². The average molecular weight is 324 g/mol.